The molecule has 0 aromatic heterocycles. The fourth-order valence-electron chi connectivity index (χ4n) is 2.73. The van der Waals surface area contributed by atoms with E-state index in [4.69, 9.17) is 5.73 Å². The van der Waals surface area contributed by atoms with Gasteiger partial charge in [0.1, 0.15) is 6.04 Å². The second-order valence-electron chi connectivity index (χ2n) is 5.10. The first-order valence-electron chi connectivity index (χ1n) is 7.24. The minimum absolute atomic E-state index is 0.0308. The first kappa shape index (κ1) is 15.2. The Balaban J connectivity index is 2.39. The molecule has 6 heteroatoms. The molecule has 0 saturated carbocycles. The Kier molecular flexibility index (Phi) is 4.67. The van der Waals surface area contributed by atoms with Crippen LogP contribution in [-0.2, 0) is 4.79 Å². The van der Waals surface area contributed by atoms with E-state index in [-0.39, 0.29) is 17.9 Å². The standard InChI is InChI=1S/C15H22N4O2/c1-3-18-14(20)11-7-6-10(16)9-13(11)19-8-4-5-12(19)15(21)17-2/h6-7,9,12H,3-5,8,16H2,1-2H3,(H,17,21)(H,18,20). The molecule has 114 valence electrons. The van der Waals surface area contributed by atoms with Crippen molar-refractivity contribution >= 4 is 23.2 Å². The number of nitrogens with one attached hydrogen (secondary N) is 2. The van der Waals surface area contributed by atoms with Crippen LogP contribution in [0.5, 0.6) is 0 Å². The molecule has 0 radical (unpaired) electrons. The van der Waals surface area contributed by atoms with Crippen LogP contribution in [0, 0.1) is 0 Å². The summed E-state index contributed by atoms with van der Waals surface area (Å²) in [5.74, 6) is -0.174. The second kappa shape index (κ2) is 6.47. The summed E-state index contributed by atoms with van der Waals surface area (Å²) in [6.07, 6.45) is 1.70. The molecule has 1 heterocycles. The van der Waals surface area contributed by atoms with E-state index in [1.165, 1.54) is 0 Å². The van der Waals surface area contributed by atoms with Gasteiger partial charge >= 0.3 is 0 Å². The van der Waals surface area contributed by atoms with Gasteiger partial charge in [0.25, 0.3) is 5.91 Å². The zero-order valence-corrected chi connectivity index (χ0v) is 12.5. The highest BCUT2D eigenvalue weighted by molar-refractivity contribution is 6.01. The lowest BCUT2D eigenvalue weighted by Gasteiger charge is -2.27. The molecule has 1 unspecified atom stereocenters. The minimum atomic E-state index is -0.245. The number of hydrogen-bond donors (Lipinski definition) is 3. The molecule has 1 aromatic carbocycles. The van der Waals surface area contributed by atoms with Crippen LogP contribution < -0.4 is 21.3 Å². The van der Waals surface area contributed by atoms with Gasteiger partial charge in [-0.25, -0.2) is 0 Å². The van der Waals surface area contributed by atoms with Crippen molar-refractivity contribution < 1.29 is 9.59 Å². The Hall–Kier alpha value is -2.24. The zero-order chi connectivity index (χ0) is 15.4. The molecule has 0 bridgehead atoms. The Bertz CT molecular complexity index is 544. The Morgan fingerprint density at radius 3 is 2.86 bits per heavy atom. The van der Waals surface area contributed by atoms with E-state index >= 15 is 0 Å². The number of nitrogen functional groups attached to an aromatic ring is 1. The summed E-state index contributed by atoms with van der Waals surface area (Å²) in [6.45, 7) is 3.17. The maximum absolute atomic E-state index is 12.2. The van der Waals surface area contributed by atoms with Gasteiger partial charge in [0.15, 0.2) is 0 Å². The first-order valence-corrected chi connectivity index (χ1v) is 7.24. The van der Waals surface area contributed by atoms with Gasteiger partial charge < -0.3 is 21.3 Å². The lowest BCUT2D eigenvalue weighted by atomic mass is 10.1. The van der Waals surface area contributed by atoms with Crippen LogP contribution in [0.4, 0.5) is 11.4 Å². The largest absolute Gasteiger partial charge is 0.399 e. The molecule has 0 aliphatic carbocycles. The minimum Gasteiger partial charge on any atom is -0.399 e. The molecule has 1 aromatic rings. The number of nitrogens with zero attached hydrogens (tertiary/aromatic N) is 1. The van der Waals surface area contributed by atoms with E-state index in [0.717, 1.165) is 25.1 Å². The van der Waals surface area contributed by atoms with Gasteiger partial charge in [-0.2, -0.15) is 0 Å². The number of likely N-dealkylation sites (N-methyl/N-ethyl adjacent to an activating group) is 1. The molecule has 1 saturated heterocycles. The monoisotopic (exact) mass is 290 g/mol. The highest BCUT2D eigenvalue weighted by Crippen LogP contribution is 2.30. The average molecular weight is 290 g/mol. The molecule has 0 spiro atoms. The van der Waals surface area contributed by atoms with E-state index in [0.29, 0.717) is 17.8 Å². The third-order valence-electron chi connectivity index (χ3n) is 3.72. The third-order valence-corrected chi connectivity index (χ3v) is 3.72. The molecule has 2 amide bonds. The van der Waals surface area contributed by atoms with Crippen molar-refractivity contribution in [3.63, 3.8) is 0 Å². The fraction of sp³-hybridized carbons (Fsp3) is 0.467. The van der Waals surface area contributed by atoms with Crippen molar-refractivity contribution in [2.24, 2.45) is 0 Å². The topological polar surface area (TPSA) is 87.5 Å². The zero-order valence-electron chi connectivity index (χ0n) is 12.5. The van der Waals surface area contributed by atoms with Gasteiger partial charge in [0, 0.05) is 25.8 Å². The second-order valence-corrected chi connectivity index (χ2v) is 5.10. The number of anilines is 2. The molecule has 4 N–H and O–H groups in total. The highest BCUT2D eigenvalue weighted by atomic mass is 16.2. The number of carbonyl (C=O) groups is 2. The summed E-state index contributed by atoms with van der Waals surface area (Å²) < 4.78 is 0. The van der Waals surface area contributed by atoms with E-state index < -0.39 is 0 Å². The van der Waals surface area contributed by atoms with Gasteiger partial charge in [-0.05, 0) is 38.0 Å². The molecule has 1 aliphatic rings. The predicted molar refractivity (Wildman–Crippen MR) is 83.3 cm³/mol. The Morgan fingerprint density at radius 1 is 1.43 bits per heavy atom. The third kappa shape index (κ3) is 3.09. The van der Waals surface area contributed by atoms with Crippen molar-refractivity contribution in [2.75, 3.05) is 30.8 Å². The molecule has 2 rings (SSSR count). The average Bonchev–Trinajstić information content (AvgIpc) is 2.95. The number of amides is 2. The summed E-state index contributed by atoms with van der Waals surface area (Å²) in [7, 11) is 1.63. The smallest absolute Gasteiger partial charge is 0.253 e. The van der Waals surface area contributed by atoms with Gasteiger partial charge in [-0.15, -0.1) is 0 Å². The Labute approximate surface area is 124 Å². The van der Waals surface area contributed by atoms with Crippen LogP contribution in [-0.4, -0.2) is 38.0 Å². The van der Waals surface area contributed by atoms with E-state index in [9.17, 15) is 9.59 Å². The number of hydrogen-bond acceptors (Lipinski definition) is 4. The lowest BCUT2D eigenvalue weighted by molar-refractivity contribution is -0.121. The summed E-state index contributed by atoms with van der Waals surface area (Å²) >= 11 is 0. The van der Waals surface area contributed by atoms with Crippen molar-refractivity contribution in [3.8, 4) is 0 Å². The summed E-state index contributed by atoms with van der Waals surface area (Å²) in [4.78, 5) is 26.2. The predicted octanol–water partition coefficient (Wildman–Crippen LogP) is 0.733. The van der Waals surface area contributed by atoms with E-state index in [1.807, 2.05) is 11.8 Å². The fourth-order valence-corrected chi connectivity index (χ4v) is 2.73. The molecular weight excluding hydrogens is 268 g/mol. The van der Waals surface area contributed by atoms with Crippen LogP contribution in [0.15, 0.2) is 18.2 Å². The molecule has 6 nitrogen and oxygen atoms in total. The van der Waals surface area contributed by atoms with E-state index in [1.54, 1.807) is 25.2 Å². The number of benzene rings is 1. The number of nitrogens with two attached hydrogens (primary N) is 1. The van der Waals surface area contributed by atoms with Crippen LogP contribution in [0.2, 0.25) is 0 Å². The molecule has 21 heavy (non-hydrogen) atoms. The molecule has 1 atom stereocenters. The number of rotatable bonds is 4. The quantitative estimate of drug-likeness (QED) is 0.714. The van der Waals surface area contributed by atoms with E-state index in [2.05, 4.69) is 10.6 Å². The SMILES string of the molecule is CCNC(=O)c1ccc(N)cc1N1CCCC1C(=O)NC. The van der Waals surface area contributed by atoms with Crippen molar-refractivity contribution in [1.82, 2.24) is 10.6 Å². The summed E-state index contributed by atoms with van der Waals surface area (Å²) in [5.41, 5.74) is 7.73. The van der Waals surface area contributed by atoms with Crippen LogP contribution in [0.1, 0.15) is 30.1 Å². The highest BCUT2D eigenvalue weighted by Gasteiger charge is 2.32. The van der Waals surface area contributed by atoms with Gasteiger partial charge in [-0.3, -0.25) is 9.59 Å². The van der Waals surface area contributed by atoms with Crippen LogP contribution in [0.25, 0.3) is 0 Å². The van der Waals surface area contributed by atoms with Crippen molar-refractivity contribution in [2.45, 2.75) is 25.8 Å². The first-order chi connectivity index (χ1) is 10.1. The van der Waals surface area contributed by atoms with Crippen LogP contribution >= 0.6 is 0 Å². The van der Waals surface area contributed by atoms with Gasteiger partial charge in [0.2, 0.25) is 5.91 Å². The van der Waals surface area contributed by atoms with Crippen molar-refractivity contribution in [1.29, 1.82) is 0 Å². The van der Waals surface area contributed by atoms with Gasteiger partial charge in [-0.1, -0.05) is 0 Å². The molecular formula is C15H22N4O2. The van der Waals surface area contributed by atoms with Crippen LogP contribution in [0.3, 0.4) is 0 Å². The van der Waals surface area contributed by atoms with Crippen molar-refractivity contribution in [3.05, 3.63) is 23.8 Å². The number of carbonyl (C=O) groups excluding carboxylic acids is 2. The normalized spacial score (nSPS) is 17.6. The molecule has 1 aliphatic heterocycles. The summed E-state index contributed by atoms with van der Waals surface area (Å²) in [6, 6.07) is 4.95. The Morgan fingerprint density at radius 2 is 2.19 bits per heavy atom. The maximum Gasteiger partial charge on any atom is 0.253 e. The lowest BCUT2D eigenvalue weighted by Crippen LogP contribution is -2.42. The maximum atomic E-state index is 12.2. The summed E-state index contributed by atoms with van der Waals surface area (Å²) in [5, 5.41) is 5.48. The molecule has 1 fully saturated rings. The van der Waals surface area contributed by atoms with Gasteiger partial charge in [0.05, 0.1) is 11.3 Å².